The fourth-order valence-electron chi connectivity index (χ4n) is 3.82. The molecule has 0 bridgehead atoms. The van der Waals surface area contributed by atoms with Crippen molar-refractivity contribution in [2.75, 3.05) is 45.2 Å². The quantitative estimate of drug-likeness (QED) is 0.675. The second-order valence-corrected chi connectivity index (χ2v) is 7.73. The number of aryl methyl sites for hydroxylation is 1. The Hall–Kier alpha value is -2.90. The van der Waals surface area contributed by atoms with Crippen LogP contribution in [0.5, 0.6) is 5.75 Å². The van der Waals surface area contributed by atoms with E-state index < -0.39 is 0 Å². The molecule has 1 fully saturated rings. The van der Waals surface area contributed by atoms with Gasteiger partial charge in [-0.25, -0.2) is 4.98 Å². The van der Waals surface area contributed by atoms with Gasteiger partial charge in [-0.05, 0) is 56.3 Å². The summed E-state index contributed by atoms with van der Waals surface area (Å²) in [5.74, 6) is 1.39. The molecule has 1 aromatic heterocycles. The topological polar surface area (TPSA) is 70.8 Å². The smallest absolute Gasteiger partial charge is 0.238 e. The van der Waals surface area contributed by atoms with Crippen molar-refractivity contribution in [1.29, 1.82) is 0 Å². The molecule has 1 N–H and O–H groups in total. The van der Waals surface area contributed by atoms with Gasteiger partial charge in [-0.3, -0.25) is 14.6 Å². The molecule has 1 aliphatic rings. The molecule has 158 valence electrons. The Morgan fingerprint density at radius 1 is 1.13 bits per heavy atom. The van der Waals surface area contributed by atoms with Crippen molar-refractivity contribution in [3.05, 3.63) is 53.9 Å². The predicted molar refractivity (Wildman–Crippen MR) is 117 cm³/mol. The largest absolute Gasteiger partial charge is 0.495 e. The van der Waals surface area contributed by atoms with Crippen LogP contribution in [-0.4, -0.2) is 60.5 Å². The Balaban J connectivity index is 1.30. The van der Waals surface area contributed by atoms with Crippen LogP contribution < -0.4 is 10.1 Å². The Kier molecular flexibility index (Phi) is 6.30. The van der Waals surface area contributed by atoms with E-state index >= 15 is 0 Å². The van der Waals surface area contributed by atoms with Gasteiger partial charge in [0.1, 0.15) is 11.3 Å². The van der Waals surface area contributed by atoms with Gasteiger partial charge in [-0.15, -0.1) is 0 Å². The number of fused-ring (bicyclic) bond motifs is 1. The van der Waals surface area contributed by atoms with Gasteiger partial charge in [0.15, 0.2) is 5.58 Å². The third-order valence-corrected chi connectivity index (χ3v) is 5.38. The first-order chi connectivity index (χ1) is 14.6. The molecule has 4 rings (SSSR count). The molecular weight excluding hydrogens is 380 g/mol. The number of benzene rings is 2. The maximum atomic E-state index is 12.5. The number of hydrogen-bond acceptors (Lipinski definition) is 6. The molecule has 2 heterocycles. The summed E-state index contributed by atoms with van der Waals surface area (Å²) < 4.78 is 11.2. The highest BCUT2D eigenvalue weighted by Crippen LogP contribution is 2.23. The van der Waals surface area contributed by atoms with Gasteiger partial charge >= 0.3 is 0 Å². The molecule has 1 aliphatic heterocycles. The van der Waals surface area contributed by atoms with Crippen molar-refractivity contribution in [3.8, 4) is 5.75 Å². The van der Waals surface area contributed by atoms with E-state index in [0.29, 0.717) is 24.5 Å². The fourth-order valence-corrected chi connectivity index (χ4v) is 3.82. The summed E-state index contributed by atoms with van der Waals surface area (Å²) in [6, 6.07) is 13.5. The molecule has 0 radical (unpaired) electrons. The molecular formula is C23H28N4O3. The third-order valence-electron chi connectivity index (χ3n) is 5.38. The molecule has 0 spiro atoms. The lowest BCUT2D eigenvalue weighted by Gasteiger charge is -2.20. The average Bonchev–Trinajstić information content (AvgIpc) is 3.00. The first-order valence-electron chi connectivity index (χ1n) is 10.3. The van der Waals surface area contributed by atoms with Crippen LogP contribution in [0, 0.1) is 6.92 Å². The summed E-state index contributed by atoms with van der Waals surface area (Å²) in [4.78, 5) is 21.7. The number of amides is 1. The highest BCUT2D eigenvalue weighted by atomic mass is 16.5. The van der Waals surface area contributed by atoms with E-state index in [1.807, 2.05) is 36.4 Å². The minimum Gasteiger partial charge on any atom is -0.495 e. The number of para-hydroxylation sites is 2. The standard InChI is InChI=1S/C23H28N4O3/c1-17-8-9-19-21(14-17)30-23(25-19)16-27-11-5-10-26(12-13-27)15-22(28)24-18-6-3-4-7-20(18)29-2/h3-4,6-9,14H,5,10-13,15-16H2,1-2H3,(H,24,28). The maximum Gasteiger partial charge on any atom is 0.238 e. The van der Waals surface area contributed by atoms with Gasteiger partial charge in [-0.1, -0.05) is 18.2 Å². The summed E-state index contributed by atoms with van der Waals surface area (Å²) >= 11 is 0. The van der Waals surface area contributed by atoms with Crippen LogP contribution in [-0.2, 0) is 11.3 Å². The molecule has 7 heteroatoms. The van der Waals surface area contributed by atoms with Gasteiger partial charge in [0.05, 0.1) is 25.9 Å². The number of nitrogens with zero attached hydrogens (tertiary/aromatic N) is 3. The summed E-state index contributed by atoms with van der Waals surface area (Å²) in [5.41, 5.74) is 3.61. The summed E-state index contributed by atoms with van der Waals surface area (Å²) in [7, 11) is 1.60. The first kappa shape index (κ1) is 20.4. The second-order valence-electron chi connectivity index (χ2n) is 7.73. The Labute approximate surface area is 176 Å². The molecule has 2 aromatic carbocycles. The fraction of sp³-hybridized carbons (Fsp3) is 0.391. The van der Waals surface area contributed by atoms with Crippen molar-refractivity contribution in [3.63, 3.8) is 0 Å². The number of oxazole rings is 1. The van der Waals surface area contributed by atoms with Crippen LogP contribution >= 0.6 is 0 Å². The SMILES string of the molecule is COc1ccccc1NC(=O)CN1CCCN(Cc2nc3ccc(C)cc3o2)CC1. The summed E-state index contributed by atoms with van der Waals surface area (Å²) in [6.07, 6.45) is 1.00. The van der Waals surface area contributed by atoms with Crippen LogP contribution in [0.3, 0.4) is 0 Å². The van der Waals surface area contributed by atoms with Crippen molar-refractivity contribution < 1.29 is 13.9 Å². The van der Waals surface area contributed by atoms with Gasteiger partial charge in [0.2, 0.25) is 11.8 Å². The lowest BCUT2D eigenvalue weighted by molar-refractivity contribution is -0.117. The summed E-state index contributed by atoms with van der Waals surface area (Å²) in [5, 5.41) is 2.96. The molecule has 3 aromatic rings. The highest BCUT2D eigenvalue weighted by Gasteiger charge is 2.19. The first-order valence-corrected chi connectivity index (χ1v) is 10.3. The van der Waals surface area contributed by atoms with Crippen LogP contribution in [0.4, 0.5) is 5.69 Å². The van der Waals surface area contributed by atoms with Gasteiger partial charge in [0, 0.05) is 13.1 Å². The number of aromatic nitrogens is 1. The van der Waals surface area contributed by atoms with E-state index in [9.17, 15) is 4.79 Å². The average molecular weight is 409 g/mol. The summed E-state index contributed by atoms with van der Waals surface area (Å²) in [6.45, 7) is 6.67. The number of rotatable bonds is 6. The number of anilines is 1. The predicted octanol–water partition coefficient (Wildman–Crippen LogP) is 3.29. The van der Waals surface area contributed by atoms with Crippen molar-refractivity contribution >= 4 is 22.7 Å². The molecule has 30 heavy (non-hydrogen) atoms. The minimum atomic E-state index is -0.0257. The van der Waals surface area contributed by atoms with E-state index in [-0.39, 0.29) is 5.91 Å². The van der Waals surface area contributed by atoms with Crippen LogP contribution in [0.15, 0.2) is 46.9 Å². The Bertz CT molecular complexity index is 1020. The van der Waals surface area contributed by atoms with Gasteiger partial charge in [-0.2, -0.15) is 0 Å². The van der Waals surface area contributed by atoms with Crippen molar-refractivity contribution in [2.24, 2.45) is 0 Å². The zero-order valence-corrected chi connectivity index (χ0v) is 17.6. The molecule has 0 aliphatic carbocycles. The van der Waals surface area contributed by atoms with E-state index in [1.54, 1.807) is 7.11 Å². The maximum absolute atomic E-state index is 12.5. The van der Waals surface area contributed by atoms with E-state index in [0.717, 1.165) is 49.6 Å². The molecule has 0 saturated carbocycles. The molecule has 7 nitrogen and oxygen atoms in total. The van der Waals surface area contributed by atoms with Crippen molar-refractivity contribution in [2.45, 2.75) is 19.9 Å². The molecule has 0 unspecified atom stereocenters. The number of carbonyl (C=O) groups is 1. The second kappa shape index (κ2) is 9.28. The van der Waals surface area contributed by atoms with E-state index in [2.05, 4.69) is 33.1 Å². The monoisotopic (exact) mass is 408 g/mol. The minimum absolute atomic E-state index is 0.0257. The van der Waals surface area contributed by atoms with Gasteiger partial charge < -0.3 is 14.5 Å². The van der Waals surface area contributed by atoms with Crippen molar-refractivity contribution in [1.82, 2.24) is 14.8 Å². The number of ether oxygens (including phenoxy) is 1. The number of methoxy groups -OCH3 is 1. The lowest BCUT2D eigenvalue weighted by atomic mass is 10.2. The zero-order chi connectivity index (χ0) is 20.9. The number of nitrogens with one attached hydrogen (secondary N) is 1. The highest BCUT2D eigenvalue weighted by molar-refractivity contribution is 5.93. The van der Waals surface area contributed by atoms with Crippen LogP contribution in [0.2, 0.25) is 0 Å². The zero-order valence-electron chi connectivity index (χ0n) is 17.6. The number of hydrogen-bond donors (Lipinski definition) is 1. The van der Waals surface area contributed by atoms with E-state index in [1.165, 1.54) is 5.56 Å². The molecule has 0 atom stereocenters. The lowest BCUT2D eigenvalue weighted by Crippen LogP contribution is -2.36. The van der Waals surface area contributed by atoms with Gasteiger partial charge in [0.25, 0.3) is 0 Å². The number of carbonyl (C=O) groups excluding carboxylic acids is 1. The Morgan fingerprint density at radius 3 is 2.80 bits per heavy atom. The Morgan fingerprint density at radius 2 is 1.93 bits per heavy atom. The van der Waals surface area contributed by atoms with E-state index in [4.69, 9.17) is 9.15 Å². The van der Waals surface area contributed by atoms with Crippen LogP contribution in [0.25, 0.3) is 11.1 Å². The molecule has 1 saturated heterocycles. The molecule has 1 amide bonds. The van der Waals surface area contributed by atoms with Crippen LogP contribution in [0.1, 0.15) is 17.9 Å². The normalized spacial score (nSPS) is 15.8. The third kappa shape index (κ3) is 4.98.